The van der Waals surface area contributed by atoms with Crippen LogP contribution in [0.15, 0.2) is 18.2 Å². The van der Waals surface area contributed by atoms with Gasteiger partial charge in [-0.1, -0.05) is 25.0 Å². The van der Waals surface area contributed by atoms with Crippen molar-refractivity contribution in [2.75, 3.05) is 13.1 Å². The van der Waals surface area contributed by atoms with Crippen LogP contribution in [0.25, 0.3) is 0 Å². The van der Waals surface area contributed by atoms with Crippen molar-refractivity contribution in [1.29, 1.82) is 0 Å². The Morgan fingerprint density at radius 2 is 1.82 bits per heavy atom. The summed E-state index contributed by atoms with van der Waals surface area (Å²) in [5.41, 5.74) is 7.32. The van der Waals surface area contributed by atoms with E-state index in [9.17, 15) is 4.39 Å². The Hall–Kier alpha value is -0.930. The van der Waals surface area contributed by atoms with Gasteiger partial charge in [-0.3, -0.25) is 4.90 Å². The largest absolute Gasteiger partial charge is 0.326 e. The van der Waals surface area contributed by atoms with E-state index in [-0.39, 0.29) is 12.4 Å². The summed E-state index contributed by atoms with van der Waals surface area (Å²) in [7, 11) is 0. The van der Waals surface area contributed by atoms with E-state index in [1.807, 2.05) is 12.1 Å². The zero-order valence-electron chi connectivity index (χ0n) is 10.3. The summed E-state index contributed by atoms with van der Waals surface area (Å²) in [5, 5.41) is 0. The smallest absolute Gasteiger partial charge is 0.127 e. The Kier molecular flexibility index (Phi) is 4.51. The first kappa shape index (κ1) is 12.5. The van der Waals surface area contributed by atoms with E-state index in [0.29, 0.717) is 5.56 Å². The molecule has 1 heterocycles. The molecule has 0 aliphatic carbocycles. The molecule has 1 saturated heterocycles. The normalized spacial score (nSPS) is 18.0. The van der Waals surface area contributed by atoms with Crippen LogP contribution in [-0.4, -0.2) is 18.0 Å². The van der Waals surface area contributed by atoms with Crippen LogP contribution < -0.4 is 5.73 Å². The molecule has 3 heteroatoms. The molecule has 2 rings (SSSR count). The predicted octanol–water partition coefficient (Wildman–Crippen LogP) is 2.66. The molecular formula is C14H21FN2. The SMILES string of the molecule is NCc1cc(CN2CCCCCC2)ccc1F. The summed E-state index contributed by atoms with van der Waals surface area (Å²) >= 11 is 0. The molecule has 0 unspecified atom stereocenters. The lowest BCUT2D eigenvalue weighted by molar-refractivity contribution is 0.277. The molecule has 0 spiro atoms. The fourth-order valence-corrected chi connectivity index (χ4v) is 2.44. The molecule has 2 N–H and O–H groups in total. The maximum Gasteiger partial charge on any atom is 0.127 e. The molecule has 1 aliphatic heterocycles. The Morgan fingerprint density at radius 1 is 1.12 bits per heavy atom. The molecule has 1 aromatic rings. The summed E-state index contributed by atoms with van der Waals surface area (Å²) in [4.78, 5) is 2.46. The highest BCUT2D eigenvalue weighted by molar-refractivity contribution is 5.25. The molecule has 17 heavy (non-hydrogen) atoms. The van der Waals surface area contributed by atoms with E-state index in [1.54, 1.807) is 0 Å². The first-order chi connectivity index (χ1) is 8.29. The average Bonchev–Trinajstić information content (AvgIpc) is 2.60. The van der Waals surface area contributed by atoms with E-state index in [0.717, 1.165) is 19.6 Å². The van der Waals surface area contributed by atoms with Gasteiger partial charge in [-0.05, 0) is 37.6 Å². The number of nitrogens with zero attached hydrogens (tertiary/aromatic N) is 1. The molecule has 0 amide bonds. The number of benzene rings is 1. The molecule has 1 aromatic carbocycles. The fourth-order valence-electron chi connectivity index (χ4n) is 2.44. The maximum atomic E-state index is 13.3. The van der Waals surface area contributed by atoms with Crippen molar-refractivity contribution in [1.82, 2.24) is 4.90 Å². The molecule has 2 nitrogen and oxygen atoms in total. The molecule has 0 saturated carbocycles. The maximum absolute atomic E-state index is 13.3. The van der Waals surface area contributed by atoms with Gasteiger partial charge in [-0.2, -0.15) is 0 Å². The van der Waals surface area contributed by atoms with Gasteiger partial charge in [0.25, 0.3) is 0 Å². The highest BCUT2D eigenvalue weighted by atomic mass is 19.1. The zero-order valence-corrected chi connectivity index (χ0v) is 10.3. The zero-order chi connectivity index (χ0) is 12.1. The van der Waals surface area contributed by atoms with Crippen molar-refractivity contribution < 1.29 is 4.39 Å². The second-order valence-corrected chi connectivity index (χ2v) is 4.82. The summed E-state index contributed by atoms with van der Waals surface area (Å²) < 4.78 is 13.3. The first-order valence-electron chi connectivity index (χ1n) is 6.49. The highest BCUT2D eigenvalue weighted by Crippen LogP contribution is 2.15. The van der Waals surface area contributed by atoms with Crippen molar-refractivity contribution >= 4 is 0 Å². The lowest BCUT2D eigenvalue weighted by Gasteiger charge is -2.20. The Balaban J connectivity index is 2.01. The standard InChI is InChI=1S/C14H21FN2/c15-14-6-5-12(9-13(14)10-16)11-17-7-3-1-2-4-8-17/h5-6,9H,1-4,7-8,10-11,16H2. The number of rotatable bonds is 3. The van der Waals surface area contributed by atoms with Gasteiger partial charge in [0.15, 0.2) is 0 Å². The van der Waals surface area contributed by atoms with Crippen LogP contribution in [0.5, 0.6) is 0 Å². The van der Waals surface area contributed by atoms with E-state index in [1.165, 1.54) is 37.3 Å². The lowest BCUT2D eigenvalue weighted by atomic mass is 10.1. The van der Waals surface area contributed by atoms with Gasteiger partial charge in [0, 0.05) is 18.7 Å². The number of likely N-dealkylation sites (tertiary alicyclic amines) is 1. The van der Waals surface area contributed by atoms with Gasteiger partial charge < -0.3 is 5.73 Å². The van der Waals surface area contributed by atoms with Crippen LogP contribution in [0, 0.1) is 5.82 Å². The number of nitrogens with two attached hydrogens (primary N) is 1. The van der Waals surface area contributed by atoms with Crippen molar-refractivity contribution in [2.45, 2.75) is 38.8 Å². The summed E-state index contributed by atoms with van der Waals surface area (Å²) in [6.45, 7) is 3.53. The Morgan fingerprint density at radius 3 is 2.47 bits per heavy atom. The van der Waals surface area contributed by atoms with Gasteiger partial charge in [0.05, 0.1) is 0 Å². The minimum absolute atomic E-state index is 0.188. The monoisotopic (exact) mass is 236 g/mol. The summed E-state index contributed by atoms with van der Waals surface area (Å²) in [6, 6.07) is 5.31. The van der Waals surface area contributed by atoms with Crippen LogP contribution in [0.2, 0.25) is 0 Å². The molecule has 1 fully saturated rings. The van der Waals surface area contributed by atoms with Gasteiger partial charge in [0.1, 0.15) is 5.82 Å². The second kappa shape index (κ2) is 6.12. The topological polar surface area (TPSA) is 29.3 Å². The van der Waals surface area contributed by atoms with Gasteiger partial charge in [-0.15, -0.1) is 0 Å². The Bertz CT molecular complexity index is 357. The summed E-state index contributed by atoms with van der Waals surface area (Å²) in [6.07, 6.45) is 5.25. The van der Waals surface area contributed by atoms with E-state index < -0.39 is 0 Å². The van der Waals surface area contributed by atoms with E-state index >= 15 is 0 Å². The molecule has 94 valence electrons. The minimum atomic E-state index is -0.188. The predicted molar refractivity (Wildman–Crippen MR) is 68.0 cm³/mol. The Labute approximate surface area is 103 Å². The molecule has 1 aliphatic rings. The van der Waals surface area contributed by atoms with E-state index in [2.05, 4.69) is 4.90 Å². The molecule has 0 atom stereocenters. The molecular weight excluding hydrogens is 215 g/mol. The third-order valence-corrected chi connectivity index (χ3v) is 3.43. The van der Waals surface area contributed by atoms with E-state index in [4.69, 9.17) is 5.73 Å². The number of halogens is 1. The van der Waals surface area contributed by atoms with Crippen LogP contribution in [0.1, 0.15) is 36.8 Å². The van der Waals surface area contributed by atoms with Crippen molar-refractivity contribution in [2.24, 2.45) is 5.73 Å². The highest BCUT2D eigenvalue weighted by Gasteiger charge is 2.10. The van der Waals surface area contributed by atoms with Crippen LogP contribution in [-0.2, 0) is 13.1 Å². The fraction of sp³-hybridized carbons (Fsp3) is 0.571. The molecule has 0 bridgehead atoms. The van der Waals surface area contributed by atoms with Gasteiger partial charge in [-0.25, -0.2) is 4.39 Å². The first-order valence-corrected chi connectivity index (χ1v) is 6.49. The van der Waals surface area contributed by atoms with Gasteiger partial charge >= 0.3 is 0 Å². The quantitative estimate of drug-likeness (QED) is 0.874. The third kappa shape index (κ3) is 3.51. The molecule has 0 radical (unpaired) electrons. The molecule has 0 aromatic heterocycles. The third-order valence-electron chi connectivity index (χ3n) is 3.43. The number of hydrogen-bond acceptors (Lipinski definition) is 2. The lowest BCUT2D eigenvalue weighted by Crippen LogP contribution is -2.24. The van der Waals surface area contributed by atoms with Crippen molar-refractivity contribution in [3.63, 3.8) is 0 Å². The van der Waals surface area contributed by atoms with Crippen LogP contribution >= 0.6 is 0 Å². The van der Waals surface area contributed by atoms with Crippen LogP contribution in [0.3, 0.4) is 0 Å². The van der Waals surface area contributed by atoms with Gasteiger partial charge in [0.2, 0.25) is 0 Å². The summed E-state index contributed by atoms with van der Waals surface area (Å²) in [5.74, 6) is -0.188. The minimum Gasteiger partial charge on any atom is -0.326 e. The van der Waals surface area contributed by atoms with Crippen LogP contribution in [0.4, 0.5) is 4.39 Å². The average molecular weight is 236 g/mol. The second-order valence-electron chi connectivity index (χ2n) is 4.82. The van der Waals surface area contributed by atoms with Crippen molar-refractivity contribution in [3.05, 3.63) is 35.1 Å². The van der Waals surface area contributed by atoms with Crippen molar-refractivity contribution in [3.8, 4) is 0 Å². The number of hydrogen-bond donors (Lipinski definition) is 1.